The summed E-state index contributed by atoms with van der Waals surface area (Å²) in [6.45, 7) is 0.285. The van der Waals surface area contributed by atoms with Crippen LogP contribution in [-0.4, -0.2) is 24.1 Å². The predicted octanol–water partition coefficient (Wildman–Crippen LogP) is 3.32. The lowest BCUT2D eigenvalue weighted by Crippen LogP contribution is -2.34. The van der Waals surface area contributed by atoms with Crippen molar-refractivity contribution in [1.82, 2.24) is 5.32 Å². The van der Waals surface area contributed by atoms with E-state index < -0.39 is 17.7 Å². The smallest absolute Gasteiger partial charge is 0.241 e. The molecule has 7 heteroatoms. The predicted molar refractivity (Wildman–Crippen MR) is 116 cm³/mol. The van der Waals surface area contributed by atoms with E-state index in [2.05, 4.69) is 10.6 Å². The minimum absolute atomic E-state index is 0.271. The van der Waals surface area contributed by atoms with Gasteiger partial charge in [-0.15, -0.1) is 0 Å². The van der Waals surface area contributed by atoms with Gasteiger partial charge in [-0.25, -0.2) is 4.39 Å². The van der Waals surface area contributed by atoms with Gasteiger partial charge < -0.3 is 10.6 Å². The highest BCUT2D eigenvalue weighted by atomic mass is 19.1. The average molecular weight is 427 g/mol. The van der Waals surface area contributed by atoms with Gasteiger partial charge in [0.1, 0.15) is 11.7 Å². The summed E-state index contributed by atoms with van der Waals surface area (Å²) in [7, 11) is 0. The first-order valence-electron chi connectivity index (χ1n) is 9.98. The maximum atomic E-state index is 13.0. The molecule has 6 nitrogen and oxygen atoms in total. The van der Waals surface area contributed by atoms with Crippen molar-refractivity contribution in [1.29, 1.82) is 5.26 Å². The van der Waals surface area contributed by atoms with Crippen molar-refractivity contribution in [3.63, 3.8) is 0 Å². The number of anilines is 1. The lowest BCUT2D eigenvalue weighted by Gasteiger charge is -2.11. The molecule has 1 aliphatic rings. The number of rotatable bonds is 6. The standard InChI is InChI=1S/C25H18FN3O3/c26-19-8-3-15(4-9-19)11-12-28-24(31)22-20-13-18(7-10-21(20)29-25(22)32)23(30)17-5-1-16(14-27)2-6-17/h1-10,13,22H,11-12H2,(H,28,31)(H,29,32). The van der Waals surface area contributed by atoms with Crippen LogP contribution in [0.5, 0.6) is 0 Å². The molecule has 3 aromatic carbocycles. The van der Waals surface area contributed by atoms with Crippen molar-refractivity contribution < 1.29 is 18.8 Å². The van der Waals surface area contributed by atoms with Crippen LogP contribution < -0.4 is 10.6 Å². The Bertz CT molecular complexity index is 1240. The molecule has 0 saturated carbocycles. The molecule has 1 unspecified atom stereocenters. The molecule has 3 aromatic rings. The molecule has 158 valence electrons. The van der Waals surface area contributed by atoms with Gasteiger partial charge >= 0.3 is 0 Å². The van der Waals surface area contributed by atoms with Crippen LogP contribution in [0.4, 0.5) is 10.1 Å². The summed E-state index contributed by atoms with van der Waals surface area (Å²) in [6, 6.07) is 19.0. The van der Waals surface area contributed by atoms with E-state index in [4.69, 9.17) is 5.26 Å². The van der Waals surface area contributed by atoms with Crippen molar-refractivity contribution in [2.45, 2.75) is 12.3 Å². The van der Waals surface area contributed by atoms with Crippen molar-refractivity contribution >= 4 is 23.3 Å². The Morgan fingerprint density at radius 2 is 1.69 bits per heavy atom. The Labute approximate surface area is 183 Å². The number of fused-ring (bicyclic) bond motifs is 1. The Balaban J connectivity index is 1.49. The van der Waals surface area contributed by atoms with Crippen LogP contribution in [0.1, 0.15) is 38.5 Å². The Morgan fingerprint density at radius 1 is 1.00 bits per heavy atom. The molecule has 0 radical (unpaired) electrons. The number of benzene rings is 3. The number of carbonyl (C=O) groups excluding carboxylic acids is 3. The number of amides is 2. The summed E-state index contributed by atoms with van der Waals surface area (Å²) in [5, 5.41) is 14.3. The molecule has 0 spiro atoms. The van der Waals surface area contributed by atoms with Crippen LogP contribution in [0.15, 0.2) is 66.7 Å². The highest BCUT2D eigenvalue weighted by Crippen LogP contribution is 2.34. The molecule has 32 heavy (non-hydrogen) atoms. The van der Waals surface area contributed by atoms with Crippen molar-refractivity contribution in [3.05, 3.63) is 100 Å². The monoisotopic (exact) mass is 427 g/mol. The number of ketones is 1. The maximum absolute atomic E-state index is 13.0. The first-order valence-corrected chi connectivity index (χ1v) is 9.98. The minimum atomic E-state index is -1.06. The third-order valence-corrected chi connectivity index (χ3v) is 5.31. The molecule has 1 heterocycles. The highest BCUT2D eigenvalue weighted by molar-refractivity contribution is 6.17. The second kappa shape index (κ2) is 8.82. The third kappa shape index (κ3) is 4.25. The fraction of sp³-hybridized carbons (Fsp3) is 0.120. The number of hydrogen-bond donors (Lipinski definition) is 2. The molecular weight excluding hydrogens is 409 g/mol. The van der Waals surface area contributed by atoms with Crippen LogP contribution in [-0.2, 0) is 16.0 Å². The normalized spacial score (nSPS) is 14.2. The summed E-state index contributed by atoms with van der Waals surface area (Å²) in [6.07, 6.45) is 0.491. The zero-order chi connectivity index (χ0) is 22.7. The van der Waals surface area contributed by atoms with Crippen LogP contribution in [0.3, 0.4) is 0 Å². The molecule has 0 fully saturated rings. The van der Waals surface area contributed by atoms with E-state index in [1.165, 1.54) is 12.1 Å². The quantitative estimate of drug-likeness (QED) is 0.466. The van der Waals surface area contributed by atoms with E-state index in [1.807, 2.05) is 6.07 Å². The molecule has 4 rings (SSSR count). The molecule has 1 atom stereocenters. The second-order valence-electron chi connectivity index (χ2n) is 7.41. The van der Waals surface area contributed by atoms with Gasteiger partial charge in [-0.3, -0.25) is 14.4 Å². The summed E-state index contributed by atoms with van der Waals surface area (Å²) in [5.74, 6) is -2.59. The number of carbonyl (C=O) groups is 3. The summed E-state index contributed by atoms with van der Waals surface area (Å²) in [5.41, 5.74) is 2.98. The van der Waals surface area contributed by atoms with Crippen LogP contribution in [0.25, 0.3) is 0 Å². The number of halogens is 1. The summed E-state index contributed by atoms with van der Waals surface area (Å²) in [4.78, 5) is 38.0. The molecule has 0 aliphatic carbocycles. The third-order valence-electron chi connectivity index (χ3n) is 5.31. The molecule has 2 N–H and O–H groups in total. The van der Waals surface area contributed by atoms with Gasteiger partial charge in [-0.1, -0.05) is 12.1 Å². The number of nitrogens with one attached hydrogen (secondary N) is 2. The van der Waals surface area contributed by atoms with Crippen molar-refractivity contribution in [3.8, 4) is 6.07 Å². The van der Waals surface area contributed by atoms with E-state index in [0.29, 0.717) is 34.4 Å². The first-order chi connectivity index (χ1) is 15.5. The number of nitriles is 1. The maximum Gasteiger partial charge on any atom is 0.241 e. The molecule has 0 aromatic heterocycles. The fourth-order valence-electron chi connectivity index (χ4n) is 3.61. The topological polar surface area (TPSA) is 99.1 Å². The van der Waals surface area contributed by atoms with Crippen molar-refractivity contribution in [2.24, 2.45) is 0 Å². The molecule has 2 amide bonds. The summed E-state index contributed by atoms with van der Waals surface area (Å²) < 4.78 is 13.0. The van der Waals surface area contributed by atoms with Crippen LogP contribution >= 0.6 is 0 Å². The molecule has 1 aliphatic heterocycles. The molecule has 0 saturated heterocycles. The zero-order valence-electron chi connectivity index (χ0n) is 16.9. The van der Waals surface area contributed by atoms with E-state index in [0.717, 1.165) is 5.56 Å². The van der Waals surface area contributed by atoms with Crippen LogP contribution in [0, 0.1) is 17.1 Å². The van der Waals surface area contributed by atoms with Gasteiger partial charge in [0.15, 0.2) is 5.78 Å². The zero-order valence-corrected chi connectivity index (χ0v) is 16.9. The van der Waals surface area contributed by atoms with Crippen LogP contribution in [0.2, 0.25) is 0 Å². The molecule has 0 bridgehead atoms. The Morgan fingerprint density at radius 3 is 2.38 bits per heavy atom. The van der Waals surface area contributed by atoms with E-state index in [-0.39, 0.29) is 18.1 Å². The highest BCUT2D eigenvalue weighted by Gasteiger charge is 2.36. The summed E-state index contributed by atoms with van der Waals surface area (Å²) >= 11 is 0. The average Bonchev–Trinajstić information content (AvgIpc) is 3.14. The van der Waals surface area contributed by atoms with Gasteiger partial charge in [-0.2, -0.15) is 5.26 Å². The lowest BCUT2D eigenvalue weighted by molar-refractivity contribution is -0.128. The van der Waals surface area contributed by atoms with E-state index >= 15 is 0 Å². The number of nitrogens with zero attached hydrogens (tertiary/aromatic N) is 1. The fourth-order valence-corrected chi connectivity index (χ4v) is 3.61. The largest absolute Gasteiger partial charge is 0.355 e. The SMILES string of the molecule is N#Cc1ccc(C(=O)c2ccc3c(c2)C(C(=O)NCCc2ccc(F)cc2)C(=O)N3)cc1. The minimum Gasteiger partial charge on any atom is -0.355 e. The number of hydrogen-bond acceptors (Lipinski definition) is 4. The van der Waals surface area contributed by atoms with Gasteiger partial charge in [0.25, 0.3) is 0 Å². The first kappa shape index (κ1) is 20.9. The van der Waals surface area contributed by atoms with E-state index in [1.54, 1.807) is 54.6 Å². The molecular formula is C25H18FN3O3. The van der Waals surface area contributed by atoms with Gasteiger partial charge in [-0.05, 0) is 72.1 Å². The van der Waals surface area contributed by atoms with Gasteiger partial charge in [0.05, 0.1) is 11.6 Å². The van der Waals surface area contributed by atoms with Gasteiger partial charge in [0.2, 0.25) is 11.8 Å². The Hall–Kier alpha value is -4.31. The second-order valence-corrected chi connectivity index (χ2v) is 7.41. The van der Waals surface area contributed by atoms with Crippen molar-refractivity contribution in [2.75, 3.05) is 11.9 Å². The lowest BCUT2D eigenvalue weighted by atomic mass is 9.94. The van der Waals surface area contributed by atoms with Gasteiger partial charge in [0, 0.05) is 23.4 Å². The van der Waals surface area contributed by atoms with E-state index in [9.17, 15) is 18.8 Å². The Kier molecular flexibility index (Phi) is 5.77.